The Morgan fingerprint density at radius 1 is 0.273 bits per heavy atom. The molecule has 0 heterocycles. The molecule has 0 aromatic heterocycles. The van der Waals surface area contributed by atoms with Crippen molar-refractivity contribution in [3.05, 3.63) is 0 Å². The van der Waals surface area contributed by atoms with E-state index in [1.54, 1.807) is 0 Å². The van der Waals surface area contributed by atoms with Gasteiger partial charge in [-0.25, -0.2) is 9.13 Å². The number of hydrogen-bond donors (Lipinski definition) is 3. The summed E-state index contributed by atoms with van der Waals surface area (Å²) in [7, 11) is -9.92. The Morgan fingerprint density at radius 2 is 0.465 bits per heavy atom. The molecule has 99 heavy (non-hydrogen) atoms. The molecular formula is C80H156O17P2. The van der Waals surface area contributed by atoms with Crippen LogP contribution in [-0.4, -0.2) is 96.7 Å². The van der Waals surface area contributed by atoms with Crippen LogP contribution in [0, 0.1) is 17.8 Å². The Bertz CT molecular complexity index is 1920. The Balaban J connectivity index is 5.26. The highest BCUT2D eigenvalue weighted by Crippen LogP contribution is 2.45. The summed E-state index contributed by atoms with van der Waals surface area (Å²) in [5, 5.41) is 10.6. The van der Waals surface area contributed by atoms with Crippen LogP contribution in [0.2, 0.25) is 0 Å². The van der Waals surface area contributed by atoms with E-state index >= 15 is 0 Å². The third-order valence-electron chi connectivity index (χ3n) is 18.6. The van der Waals surface area contributed by atoms with Crippen molar-refractivity contribution in [3.8, 4) is 0 Å². The number of carbonyl (C=O) groups is 4. The largest absolute Gasteiger partial charge is 0.472 e. The second-order valence-electron chi connectivity index (χ2n) is 30.2. The molecule has 0 radical (unpaired) electrons. The molecule has 0 aliphatic carbocycles. The average molecular weight is 1450 g/mol. The van der Waals surface area contributed by atoms with Gasteiger partial charge in [-0.15, -0.1) is 0 Å². The molecule has 17 nitrogen and oxygen atoms in total. The zero-order valence-corrected chi connectivity index (χ0v) is 66.8. The molecule has 0 amide bonds. The topological polar surface area (TPSA) is 237 Å². The fraction of sp³-hybridized carbons (Fsp3) is 0.950. The van der Waals surface area contributed by atoms with Crippen LogP contribution in [0.4, 0.5) is 0 Å². The quantitative estimate of drug-likeness (QED) is 0.0222. The summed E-state index contributed by atoms with van der Waals surface area (Å²) in [5.41, 5.74) is 0. The van der Waals surface area contributed by atoms with E-state index in [1.807, 2.05) is 0 Å². The summed E-state index contributed by atoms with van der Waals surface area (Å²) in [4.78, 5) is 73.0. The lowest BCUT2D eigenvalue weighted by Gasteiger charge is -2.21. The molecule has 0 bridgehead atoms. The fourth-order valence-electron chi connectivity index (χ4n) is 12.3. The third-order valence-corrected chi connectivity index (χ3v) is 20.5. The number of ether oxygens (including phenoxy) is 4. The van der Waals surface area contributed by atoms with Gasteiger partial charge in [0, 0.05) is 25.7 Å². The molecule has 0 aliphatic rings. The van der Waals surface area contributed by atoms with Crippen LogP contribution < -0.4 is 0 Å². The van der Waals surface area contributed by atoms with Crippen molar-refractivity contribution in [2.45, 2.75) is 433 Å². The molecule has 0 aromatic rings. The first kappa shape index (κ1) is 97.1. The Hall–Kier alpha value is -1.94. The maximum Gasteiger partial charge on any atom is 0.472 e. The number of rotatable bonds is 78. The van der Waals surface area contributed by atoms with Gasteiger partial charge in [0.05, 0.1) is 26.4 Å². The number of esters is 4. The number of phosphoric ester groups is 2. The average Bonchev–Trinajstić information content (AvgIpc) is 2.12. The number of hydrogen-bond acceptors (Lipinski definition) is 15. The zero-order valence-electron chi connectivity index (χ0n) is 65.0. The van der Waals surface area contributed by atoms with E-state index in [-0.39, 0.29) is 25.7 Å². The predicted molar refractivity (Wildman–Crippen MR) is 405 cm³/mol. The first-order valence-electron chi connectivity index (χ1n) is 41.3. The summed E-state index contributed by atoms with van der Waals surface area (Å²) >= 11 is 0. The third kappa shape index (κ3) is 74.1. The Kier molecular flexibility index (Phi) is 69.0. The van der Waals surface area contributed by atoms with Crippen LogP contribution in [0.3, 0.4) is 0 Å². The normalized spacial score (nSPS) is 14.0. The highest BCUT2D eigenvalue weighted by atomic mass is 31.2. The van der Waals surface area contributed by atoms with Crippen LogP contribution in [0.5, 0.6) is 0 Å². The van der Waals surface area contributed by atoms with Gasteiger partial charge in [0.1, 0.15) is 19.3 Å². The minimum Gasteiger partial charge on any atom is -0.462 e. The van der Waals surface area contributed by atoms with Crippen molar-refractivity contribution in [2.75, 3.05) is 39.6 Å². The van der Waals surface area contributed by atoms with Crippen LogP contribution in [-0.2, 0) is 65.4 Å². The first-order valence-corrected chi connectivity index (χ1v) is 44.3. The van der Waals surface area contributed by atoms with Crippen LogP contribution >= 0.6 is 15.6 Å². The molecule has 0 aliphatic heterocycles. The minimum atomic E-state index is -4.96. The maximum atomic E-state index is 13.1. The number of aliphatic hydroxyl groups excluding tert-OH is 1. The minimum absolute atomic E-state index is 0.107. The van der Waals surface area contributed by atoms with Gasteiger partial charge in [0.25, 0.3) is 0 Å². The summed E-state index contributed by atoms with van der Waals surface area (Å²) in [6.07, 6.45) is 58.1. The second kappa shape index (κ2) is 70.4. The van der Waals surface area contributed by atoms with Crippen LogP contribution in [0.25, 0.3) is 0 Å². The van der Waals surface area contributed by atoms with Gasteiger partial charge in [0.2, 0.25) is 0 Å². The molecule has 2 unspecified atom stereocenters. The smallest absolute Gasteiger partial charge is 0.462 e. The van der Waals surface area contributed by atoms with Crippen molar-refractivity contribution in [3.63, 3.8) is 0 Å². The Labute approximate surface area is 607 Å². The van der Waals surface area contributed by atoms with Gasteiger partial charge in [-0.05, 0) is 43.4 Å². The number of carbonyl (C=O) groups excluding carboxylic acids is 4. The SMILES string of the molecule is CCCCCCCCCCCCCC(=O)OC[C@H](COP(=O)(O)OC[C@H](O)COP(=O)(O)OC[C@@H](COC(=O)CCCCCCCCCCCCCCCC(C)C)OC(=O)CCCCCCCCCCCCCCCC(C)C)OC(=O)CCCCCCCCCCCCCCCC(C)C. The summed E-state index contributed by atoms with van der Waals surface area (Å²) in [5.74, 6) is 0.254. The van der Waals surface area contributed by atoms with Crippen molar-refractivity contribution >= 4 is 39.5 Å². The van der Waals surface area contributed by atoms with Crippen LogP contribution in [0.1, 0.15) is 414 Å². The molecule has 0 fully saturated rings. The van der Waals surface area contributed by atoms with Gasteiger partial charge in [-0.1, -0.05) is 363 Å². The van der Waals surface area contributed by atoms with Gasteiger partial charge in [-0.3, -0.25) is 37.3 Å². The molecule has 19 heteroatoms. The first-order chi connectivity index (χ1) is 47.7. The monoisotopic (exact) mass is 1450 g/mol. The molecule has 0 spiro atoms. The standard InChI is InChI=1S/C80H156O17P2/c1-8-9-10-11-12-13-23-33-40-47-54-61-77(82)90-67-75(96-79(84)63-56-49-42-35-28-21-15-18-25-31-38-45-52-59-72(4)5)69-94-98(86,87)92-65-74(81)66-93-99(88,89)95-70-76(97-80(85)64-57-50-43-36-29-22-16-19-26-32-39-46-53-60-73(6)7)68-91-78(83)62-55-48-41-34-27-20-14-17-24-30-37-44-51-58-71(2)3/h71-76,81H,8-70H2,1-7H3,(H,86,87)(H,88,89)/t74-,75+,76+/m0/s1. The molecule has 0 rings (SSSR count). The van der Waals surface area contributed by atoms with Gasteiger partial charge >= 0.3 is 39.5 Å². The molecular weight excluding hydrogens is 1290 g/mol. The predicted octanol–water partition coefficient (Wildman–Crippen LogP) is 23.7. The Morgan fingerprint density at radius 3 is 0.687 bits per heavy atom. The molecule has 5 atom stereocenters. The van der Waals surface area contributed by atoms with E-state index in [4.69, 9.17) is 37.0 Å². The zero-order chi connectivity index (χ0) is 73.0. The van der Waals surface area contributed by atoms with E-state index in [9.17, 15) is 43.2 Å². The van der Waals surface area contributed by atoms with E-state index in [0.717, 1.165) is 108 Å². The van der Waals surface area contributed by atoms with E-state index in [2.05, 4.69) is 48.5 Å². The van der Waals surface area contributed by atoms with Crippen molar-refractivity contribution in [1.29, 1.82) is 0 Å². The van der Waals surface area contributed by atoms with E-state index < -0.39 is 97.5 Å². The van der Waals surface area contributed by atoms with E-state index in [0.29, 0.717) is 25.7 Å². The molecule has 0 saturated heterocycles. The lowest BCUT2D eigenvalue weighted by molar-refractivity contribution is -0.161. The summed E-state index contributed by atoms with van der Waals surface area (Å²) < 4.78 is 68.7. The number of phosphoric acid groups is 2. The number of aliphatic hydroxyl groups is 1. The lowest BCUT2D eigenvalue weighted by Crippen LogP contribution is -2.30. The number of unbranched alkanes of at least 4 members (excludes halogenated alkanes) is 46. The van der Waals surface area contributed by atoms with Crippen molar-refractivity contribution in [1.82, 2.24) is 0 Å². The fourth-order valence-corrected chi connectivity index (χ4v) is 13.9. The van der Waals surface area contributed by atoms with Gasteiger partial charge in [-0.2, -0.15) is 0 Å². The van der Waals surface area contributed by atoms with Crippen molar-refractivity contribution in [2.24, 2.45) is 17.8 Å². The highest BCUT2D eigenvalue weighted by molar-refractivity contribution is 7.47. The molecule has 3 N–H and O–H groups in total. The summed E-state index contributed by atoms with van der Waals surface area (Å²) in [6, 6.07) is 0. The summed E-state index contributed by atoms with van der Waals surface area (Å²) in [6.45, 7) is 12.0. The van der Waals surface area contributed by atoms with Crippen LogP contribution in [0.15, 0.2) is 0 Å². The van der Waals surface area contributed by atoms with Gasteiger partial charge in [0.15, 0.2) is 12.2 Å². The maximum absolute atomic E-state index is 13.1. The lowest BCUT2D eigenvalue weighted by atomic mass is 10.0. The highest BCUT2D eigenvalue weighted by Gasteiger charge is 2.30. The molecule has 0 aromatic carbocycles. The molecule has 588 valence electrons. The van der Waals surface area contributed by atoms with E-state index in [1.165, 1.54) is 225 Å². The van der Waals surface area contributed by atoms with Crippen molar-refractivity contribution < 1.29 is 80.2 Å². The molecule has 0 saturated carbocycles. The van der Waals surface area contributed by atoms with Gasteiger partial charge < -0.3 is 33.8 Å². The second-order valence-corrected chi connectivity index (χ2v) is 33.1.